The lowest BCUT2D eigenvalue weighted by Crippen LogP contribution is -2.14. The number of rotatable bonds is 8. The molecular weight excluding hydrogens is 480 g/mol. The van der Waals surface area contributed by atoms with Gasteiger partial charge in [-0.25, -0.2) is 4.98 Å². The van der Waals surface area contributed by atoms with E-state index < -0.39 is 12.5 Å². The Morgan fingerprint density at radius 2 is 2.15 bits per heavy atom. The zero-order chi connectivity index (χ0) is 23.4. The second kappa shape index (κ2) is 10.3. The monoisotopic (exact) mass is 497 g/mol. The van der Waals surface area contributed by atoms with Crippen molar-refractivity contribution in [1.29, 1.82) is 0 Å². The van der Waals surface area contributed by atoms with Crippen LogP contribution in [-0.4, -0.2) is 52.5 Å². The van der Waals surface area contributed by atoms with E-state index in [2.05, 4.69) is 30.2 Å². The van der Waals surface area contributed by atoms with Gasteiger partial charge < -0.3 is 14.2 Å². The second-order valence-electron chi connectivity index (χ2n) is 7.12. The van der Waals surface area contributed by atoms with Crippen LogP contribution in [0, 0.1) is 12.8 Å². The molecule has 0 aliphatic carbocycles. The highest BCUT2D eigenvalue weighted by Crippen LogP contribution is 2.35. The van der Waals surface area contributed by atoms with Crippen LogP contribution >= 0.6 is 22.9 Å². The van der Waals surface area contributed by atoms with Gasteiger partial charge in [0.2, 0.25) is 5.13 Å². The molecule has 4 rings (SSSR count). The molecule has 0 aromatic carbocycles. The van der Waals surface area contributed by atoms with E-state index in [0.29, 0.717) is 42.2 Å². The maximum absolute atomic E-state index is 13.0. The minimum Gasteiger partial charge on any atom is -0.469 e. The molecule has 0 saturated carbocycles. The van der Waals surface area contributed by atoms with Gasteiger partial charge in [-0.2, -0.15) is 8.78 Å². The summed E-state index contributed by atoms with van der Waals surface area (Å²) in [5, 5.41) is 11.1. The van der Waals surface area contributed by atoms with Crippen LogP contribution in [0.15, 0.2) is 24.5 Å². The molecule has 3 aromatic heterocycles. The average Bonchev–Trinajstić information content (AvgIpc) is 3.45. The molecule has 9 nitrogen and oxygen atoms in total. The number of nitrogens with zero attached hydrogens (tertiary/aromatic N) is 4. The van der Waals surface area contributed by atoms with Gasteiger partial charge in [0.15, 0.2) is 5.75 Å². The highest BCUT2D eigenvalue weighted by atomic mass is 35.5. The summed E-state index contributed by atoms with van der Waals surface area (Å²) in [5.74, 6) is -0.498. The van der Waals surface area contributed by atoms with E-state index in [1.54, 1.807) is 13.0 Å². The first-order valence-corrected chi connectivity index (χ1v) is 11.0. The molecule has 0 unspecified atom stereocenters. The van der Waals surface area contributed by atoms with E-state index in [1.165, 1.54) is 12.3 Å². The Morgan fingerprint density at radius 1 is 1.30 bits per heavy atom. The molecule has 0 bridgehead atoms. The summed E-state index contributed by atoms with van der Waals surface area (Å²) >= 11 is 7.04. The van der Waals surface area contributed by atoms with Gasteiger partial charge in [0.05, 0.1) is 25.0 Å². The van der Waals surface area contributed by atoms with Crippen molar-refractivity contribution >= 4 is 34.0 Å². The summed E-state index contributed by atoms with van der Waals surface area (Å²) in [6, 6.07) is 2.91. The number of hydrogen-bond acceptors (Lipinski definition) is 9. The Balaban J connectivity index is 1.56. The van der Waals surface area contributed by atoms with Crippen LogP contribution in [0.4, 0.5) is 13.9 Å². The first kappa shape index (κ1) is 23.2. The SMILES string of the molecule is Cc1cc(-c2cc(Cl)ncc2OC(F)F)c(C(=O)Nc2nnc(OC[C@H]3CCOC3)s2)cn1. The molecule has 174 valence electrons. The molecule has 1 amide bonds. The largest absolute Gasteiger partial charge is 0.469 e. The van der Waals surface area contributed by atoms with Crippen molar-refractivity contribution in [2.75, 3.05) is 25.1 Å². The highest BCUT2D eigenvalue weighted by molar-refractivity contribution is 7.17. The third-order valence-corrected chi connectivity index (χ3v) is 5.68. The number of amides is 1. The van der Waals surface area contributed by atoms with Crippen molar-refractivity contribution in [3.05, 3.63) is 40.9 Å². The summed E-state index contributed by atoms with van der Waals surface area (Å²) in [7, 11) is 0. The van der Waals surface area contributed by atoms with Crippen molar-refractivity contribution in [3.63, 3.8) is 0 Å². The topological polar surface area (TPSA) is 108 Å². The first-order chi connectivity index (χ1) is 15.9. The van der Waals surface area contributed by atoms with Crippen LogP contribution in [-0.2, 0) is 4.74 Å². The van der Waals surface area contributed by atoms with Crippen LogP contribution in [0.5, 0.6) is 10.9 Å². The normalized spacial score (nSPS) is 15.6. The van der Waals surface area contributed by atoms with E-state index in [-0.39, 0.29) is 27.2 Å². The molecule has 3 aromatic rings. The number of nitrogens with one attached hydrogen (secondary N) is 1. The van der Waals surface area contributed by atoms with E-state index in [9.17, 15) is 13.6 Å². The van der Waals surface area contributed by atoms with Crippen molar-refractivity contribution in [2.24, 2.45) is 5.92 Å². The van der Waals surface area contributed by atoms with Gasteiger partial charge in [-0.05, 0) is 36.8 Å². The minimum atomic E-state index is -3.08. The van der Waals surface area contributed by atoms with Crippen molar-refractivity contribution < 1.29 is 27.8 Å². The highest BCUT2D eigenvalue weighted by Gasteiger charge is 2.22. The van der Waals surface area contributed by atoms with E-state index in [1.807, 2.05) is 0 Å². The Labute approximate surface area is 196 Å². The first-order valence-electron chi connectivity index (χ1n) is 9.82. The molecule has 0 spiro atoms. The fraction of sp³-hybridized carbons (Fsp3) is 0.350. The smallest absolute Gasteiger partial charge is 0.387 e. The van der Waals surface area contributed by atoms with Gasteiger partial charge in [0.1, 0.15) is 5.15 Å². The Bertz CT molecular complexity index is 1140. The summed E-state index contributed by atoms with van der Waals surface area (Å²) in [4.78, 5) is 20.9. The standard InChI is InChI=1S/C20H18ClF2N5O4S/c1-10-4-12(13-5-16(21)25-7-15(13)32-18(22)23)14(6-24-10)17(29)26-19-27-28-20(33-19)31-9-11-2-3-30-8-11/h4-7,11,18H,2-3,8-9H2,1H3,(H,26,27,29)/t11-/m0/s1. The zero-order valence-corrected chi connectivity index (χ0v) is 18.8. The lowest BCUT2D eigenvalue weighted by atomic mass is 10.0. The van der Waals surface area contributed by atoms with Gasteiger partial charge in [-0.3, -0.25) is 15.1 Å². The number of carbonyl (C=O) groups excluding carboxylic acids is 1. The molecule has 1 fully saturated rings. The van der Waals surface area contributed by atoms with Gasteiger partial charge >= 0.3 is 6.61 Å². The number of alkyl halides is 2. The van der Waals surface area contributed by atoms with Crippen LogP contribution in [0.1, 0.15) is 22.5 Å². The van der Waals surface area contributed by atoms with Crippen LogP contribution in [0.2, 0.25) is 5.15 Å². The van der Waals surface area contributed by atoms with Crippen molar-refractivity contribution in [1.82, 2.24) is 20.2 Å². The molecule has 4 heterocycles. The molecule has 1 N–H and O–H groups in total. The lowest BCUT2D eigenvalue weighted by Gasteiger charge is -2.14. The predicted molar refractivity (Wildman–Crippen MR) is 116 cm³/mol. The molecule has 1 saturated heterocycles. The van der Waals surface area contributed by atoms with Crippen LogP contribution in [0.3, 0.4) is 0 Å². The summed E-state index contributed by atoms with van der Waals surface area (Å²) in [5.41, 5.74) is 1.12. The summed E-state index contributed by atoms with van der Waals surface area (Å²) < 4.78 is 41.3. The van der Waals surface area contributed by atoms with Gasteiger partial charge in [-0.1, -0.05) is 16.7 Å². The van der Waals surface area contributed by atoms with E-state index in [4.69, 9.17) is 21.1 Å². The molecule has 13 heteroatoms. The number of ether oxygens (including phenoxy) is 3. The molecule has 1 aliphatic heterocycles. The fourth-order valence-corrected chi connectivity index (χ4v) is 3.93. The maximum atomic E-state index is 13.0. The molecule has 1 atom stereocenters. The molecular formula is C20H18ClF2N5O4S. The zero-order valence-electron chi connectivity index (χ0n) is 17.3. The van der Waals surface area contributed by atoms with Gasteiger partial charge in [-0.15, -0.1) is 5.10 Å². The van der Waals surface area contributed by atoms with Crippen LogP contribution < -0.4 is 14.8 Å². The summed E-state index contributed by atoms with van der Waals surface area (Å²) in [6.07, 6.45) is 3.33. The minimum absolute atomic E-state index is 0.0472. The molecule has 0 radical (unpaired) electrons. The second-order valence-corrected chi connectivity index (χ2v) is 8.45. The quantitative estimate of drug-likeness (QED) is 0.461. The average molecular weight is 498 g/mol. The Morgan fingerprint density at radius 3 is 2.91 bits per heavy atom. The third-order valence-electron chi connectivity index (χ3n) is 4.72. The number of anilines is 1. The van der Waals surface area contributed by atoms with E-state index >= 15 is 0 Å². The van der Waals surface area contributed by atoms with E-state index in [0.717, 1.165) is 24.0 Å². The molecule has 1 aliphatic rings. The number of pyridine rings is 2. The predicted octanol–water partition coefficient (Wildman–Crippen LogP) is 4.23. The number of aryl methyl sites for hydroxylation is 1. The molecule has 33 heavy (non-hydrogen) atoms. The van der Waals surface area contributed by atoms with Gasteiger partial charge in [0.25, 0.3) is 11.1 Å². The number of carbonyl (C=O) groups is 1. The third kappa shape index (κ3) is 5.89. The van der Waals surface area contributed by atoms with Crippen LogP contribution in [0.25, 0.3) is 11.1 Å². The number of halogens is 3. The Kier molecular flexibility index (Phi) is 7.26. The summed E-state index contributed by atoms with van der Waals surface area (Å²) in [6.45, 7) is 0.422. The lowest BCUT2D eigenvalue weighted by molar-refractivity contribution is -0.0496. The van der Waals surface area contributed by atoms with Crippen molar-refractivity contribution in [3.8, 4) is 22.1 Å². The number of hydrogen-bond donors (Lipinski definition) is 1. The maximum Gasteiger partial charge on any atom is 0.387 e. The number of aromatic nitrogens is 4. The fourth-order valence-electron chi connectivity index (χ4n) is 3.17. The Hall–Kier alpha value is -2.96. The van der Waals surface area contributed by atoms with Gasteiger partial charge in [0, 0.05) is 35.5 Å². The van der Waals surface area contributed by atoms with Crippen molar-refractivity contribution in [2.45, 2.75) is 20.0 Å².